The molecule has 0 spiro atoms. The largest absolute Gasteiger partial charge is 0.495 e. The van der Waals surface area contributed by atoms with Crippen LogP contribution in [0.15, 0.2) is 29.2 Å². The molecule has 0 bridgehead atoms. The second-order valence-corrected chi connectivity index (χ2v) is 7.01. The van der Waals surface area contributed by atoms with Gasteiger partial charge in [-0.05, 0) is 25.3 Å². The summed E-state index contributed by atoms with van der Waals surface area (Å²) >= 11 is 1.45. The van der Waals surface area contributed by atoms with E-state index in [0.717, 1.165) is 0 Å². The van der Waals surface area contributed by atoms with Crippen LogP contribution in [0.2, 0.25) is 0 Å². The molecule has 0 radical (unpaired) electrons. The van der Waals surface area contributed by atoms with Crippen LogP contribution in [0.3, 0.4) is 0 Å². The van der Waals surface area contributed by atoms with Crippen LogP contribution in [0, 0.1) is 0 Å². The molecule has 0 aliphatic rings. The Kier molecular flexibility index (Phi) is 5.66. The Morgan fingerprint density at radius 2 is 2.05 bits per heavy atom. The van der Waals surface area contributed by atoms with Gasteiger partial charge >= 0.3 is 0 Å². The standard InChI is InChI=1S/C12H19NO4S2/c1-12(14,9-18-3)8-13-19(15,16)11-7-5-4-6-10(11)17-2/h4-7,13-14H,8-9H2,1-3H3. The van der Waals surface area contributed by atoms with Crippen molar-refractivity contribution in [3.05, 3.63) is 24.3 Å². The molecule has 1 atom stereocenters. The monoisotopic (exact) mass is 305 g/mol. The highest BCUT2D eigenvalue weighted by Gasteiger charge is 2.25. The molecule has 19 heavy (non-hydrogen) atoms. The lowest BCUT2D eigenvalue weighted by molar-refractivity contribution is 0.0908. The average Bonchev–Trinajstić information content (AvgIpc) is 2.37. The highest BCUT2D eigenvalue weighted by atomic mass is 32.2. The Labute approximate surface area is 118 Å². The summed E-state index contributed by atoms with van der Waals surface area (Å²) in [6.07, 6.45) is 1.85. The second kappa shape index (κ2) is 6.60. The van der Waals surface area contributed by atoms with Gasteiger partial charge in [-0.25, -0.2) is 13.1 Å². The van der Waals surface area contributed by atoms with Gasteiger partial charge in [-0.1, -0.05) is 12.1 Å². The molecular weight excluding hydrogens is 286 g/mol. The van der Waals surface area contributed by atoms with E-state index in [4.69, 9.17) is 4.74 Å². The molecular formula is C12H19NO4S2. The summed E-state index contributed by atoms with van der Waals surface area (Å²) in [5.41, 5.74) is -1.09. The third-order valence-corrected chi connectivity index (χ3v) is 4.81. The zero-order chi connectivity index (χ0) is 14.5. The lowest BCUT2D eigenvalue weighted by atomic mass is 10.1. The molecule has 2 N–H and O–H groups in total. The van der Waals surface area contributed by atoms with Gasteiger partial charge in [0.1, 0.15) is 10.6 Å². The number of methoxy groups -OCH3 is 1. The van der Waals surface area contributed by atoms with Crippen molar-refractivity contribution >= 4 is 21.8 Å². The first-order chi connectivity index (χ1) is 8.82. The molecule has 0 aliphatic carbocycles. The highest BCUT2D eigenvalue weighted by Crippen LogP contribution is 2.22. The van der Waals surface area contributed by atoms with E-state index in [-0.39, 0.29) is 17.2 Å². The Morgan fingerprint density at radius 1 is 1.42 bits per heavy atom. The minimum Gasteiger partial charge on any atom is -0.495 e. The van der Waals surface area contributed by atoms with Gasteiger partial charge in [0.25, 0.3) is 0 Å². The first-order valence-electron chi connectivity index (χ1n) is 5.66. The van der Waals surface area contributed by atoms with Gasteiger partial charge in [0, 0.05) is 12.3 Å². The minimum absolute atomic E-state index is 0.0474. The van der Waals surface area contributed by atoms with E-state index in [1.165, 1.54) is 24.9 Å². The molecule has 0 heterocycles. The van der Waals surface area contributed by atoms with Crippen molar-refractivity contribution in [1.29, 1.82) is 0 Å². The molecule has 1 unspecified atom stereocenters. The van der Waals surface area contributed by atoms with Crippen LogP contribution in [0.4, 0.5) is 0 Å². The highest BCUT2D eigenvalue weighted by molar-refractivity contribution is 7.98. The van der Waals surface area contributed by atoms with E-state index in [0.29, 0.717) is 5.75 Å². The van der Waals surface area contributed by atoms with E-state index >= 15 is 0 Å². The van der Waals surface area contributed by atoms with Gasteiger partial charge in [0.15, 0.2) is 0 Å². The van der Waals surface area contributed by atoms with E-state index in [1.807, 2.05) is 6.26 Å². The summed E-state index contributed by atoms with van der Waals surface area (Å²) in [4.78, 5) is 0.0671. The predicted octanol–water partition coefficient (Wildman–Crippen LogP) is 1.09. The number of ether oxygens (including phenoxy) is 1. The number of nitrogens with one attached hydrogen (secondary N) is 1. The lowest BCUT2D eigenvalue weighted by Gasteiger charge is -2.22. The van der Waals surface area contributed by atoms with E-state index < -0.39 is 15.6 Å². The Balaban J connectivity index is 2.87. The van der Waals surface area contributed by atoms with Gasteiger partial charge in [-0.2, -0.15) is 11.8 Å². The predicted molar refractivity (Wildman–Crippen MR) is 77.2 cm³/mol. The molecule has 5 nitrogen and oxygen atoms in total. The van der Waals surface area contributed by atoms with Crippen LogP contribution < -0.4 is 9.46 Å². The number of sulfonamides is 1. The third-order valence-electron chi connectivity index (χ3n) is 2.46. The summed E-state index contributed by atoms with van der Waals surface area (Å²) in [6, 6.07) is 6.36. The maximum atomic E-state index is 12.2. The number of thioether (sulfide) groups is 1. The molecule has 0 fully saturated rings. The maximum Gasteiger partial charge on any atom is 0.244 e. The van der Waals surface area contributed by atoms with Crippen LogP contribution in [-0.4, -0.2) is 44.8 Å². The Hall–Kier alpha value is -0.760. The summed E-state index contributed by atoms with van der Waals surface area (Å²) in [5.74, 6) is 0.723. The lowest BCUT2D eigenvalue weighted by Crippen LogP contribution is -2.42. The van der Waals surface area contributed by atoms with Crippen LogP contribution >= 0.6 is 11.8 Å². The topological polar surface area (TPSA) is 75.6 Å². The summed E-state index contributed by atoms with van der Waals surface area (Å²) < 4.78 is 31.7. The molecule has 0 saturated heterocycles. The third kappa shape index (κ3) is 4.68. The van der Waals surface area contributed by atoms with Gasteiger partial charge in [0.2, 0.25) is 10.0 Å². The van der Waals surface area contributed by atoms with Crippen LogP contribution in [0.25, 0.3) is 0 Å². The molecule has 0 aromatic heterocycles. The van der Waals surface area contributed by atoms with Crippen LogP contribution in [0.5, 0.6) is 5.75 Å². The number of benzene rings is 1. The molecule has 7 heteroatoms. The van der Waals surface area contributed by atoms with Gasteiger partial charge in [-0.15, -0.1) is 0 Å². The molecule has 0 saturated carbocycles. The normalized spacial score (nSPS) is 14.9. The van der Waals surface area contributed by atoms with Crippen molar-refractivity contribution in [2.45, 2.75) is 17.4 Å². The van der Waals surface area contributed by atoms with E-state index in [2.05, 4.69) is 4.72 Å². The molecule has 0 aliphatic heterocycles. The van der Waals surface area contributed by atoms with Gasteiger partial charge in [0.05, 0.1) is 12.7 Å². The summed E-state index contributed by atoms with van der Waals surface area (Å²) in [5, 5.41) is 9.97. The number of hydrogen-bond acceptors (Lipinski definition) is 5. The first kappa shape index (κ1) is 16.3. The number of hydrogen-bond donors (Lipinski definition) is 2. The fourth-order valence-electron chi connectivity index (χ4n) is 1.53. The van der Waals surface area contributed by atoms with Gasteiger partial charge < -0.3 is 9.84 Å². The van der Waals surface area contributed by atoms with Gasteiger partial charge in [-0.3, -0.25) is 0 Å². The number of rotatable bonds is 7. The van der Waals surface area contributed by atoms with E-state index in [9.17, 15) is 13.5 Å². The Bertz CT molecular complexity index is 514. The summed E-state index contributed by atoms with van der Waals surface area (Å²) in [7, 11) is -2.28. The number of para-hydroxylation sites is 1. The maximum absolute atomic E-state index is 12.2. The fraction of sp³-hybridized carbons (Fsp3) is 0.500. The van der Waals surface area contributed by atoms with Crippen LogP contribution in [-0.2, 0) is 10.0 Å². The number of aliphatic hydroxyl groups is 1. The van der Waals surface area contributed by atoms with Crippen molar-refractivity contribution in [3.63, 3.8) is 0 Å². The molecule has 0 amide bonds. The molecule has 1 aromatic carbocycles. The Morgan fingerprint density at radius 3 is 2.63 bits per heavy atom. The van der Waals surface area contributed by atoms with Crippen molar-refractivity contribution in [1.82, 2.24) is 4.72 Å². The average molecular weight is 305 g/mol. The molecule has 108 valence electrons. The fourth-order valence-corrected chi connectivity index (χ4v) is 3.59. The second-order valence-electron chi connectivity index (χ2n) is 4.41. The van der Waals surface area contributed by atoms with Crippen LogP contribution in [0.1, 0.15) is 6.92 Å². The molecule has 1 rings (SSSR count). The SMILES string of the molecule is COc1ccccc1S(=O)(=O)NCC(C)(O)CSC. The van der Waals surface area contributed by atoms with Crippen molar-refractivity contribution in [3.8, 4) is 5.75 Å². The van der Waals surface area contributed by atoms with Crippen molar-refractivity contribution in [2.24, 2.45) is 0 Å². The zero-order valence-corrected chi connectivity index (χ0v) is 12.8. The first-order valence-corrected chi connectivity index (χ1v) is 8.54. The smallest absolute Gasteiger partial charge is 0.244 e. The van der Waals surface area contributed by atoms with Crippen molar-refractivity contribution in [2.75, 3.05) is 25.7 Å². The van der Waals surface area contributed by atoms with Crippen molar-refractivity contribution < 1.29 is 18.3 Å². The minimum atomic E-state index is -3.70. The quantitative estimate of drug-likeness (QED) is 0.788. The molecule has 1 aromatic rings. The summed E-state index contributed by atoms with van der Waals surface area (Å²) in [6.45, 7) is 1.54. The van der Waals surface area contributed by atoms with E-state index in [1.54, 1.807) is 25.1 Å². The zero-order valence-electron chi connectivity index (χ0n) is 11.2.